The first kappa shape index (κ1) is 38.8. The number of H-pyrrole nitrogens is 2. The molecule has 2 fully saturated rings. The minimum Gasteiger partial charge on any atom is -0.344 e. The van der Waals surface area contributed by atoms with Crippen molar-refractivity contribution >= 4 is 24.2 Å². The molecule has 0 radical (unpaired) electrons. The van der Waals surface area contributed by atoms with Crippen molar-refractivity contribution in [2.24, 2.45) is 21.8 Å². The highest BCUT2D eigenvalue weighted by atomic mass is 17.2. The smallest absolute Gasteiger partial charge is 0.248 e. The summed E-state index contributed by atoms with van der Waals surface area (Å²) < 4.78 is 0. The quantitative estimate of drug-likeness (QED) is 0.0648. The van der Waals surface area contributed by atoms with Crippen LogP contribution in [0.3, 0.4) is 0 Å². The van der Waals surface area contributed by atoms with Crippen LogP contribution in [0.2, 0.25) is 0 Å². The first-order chi connectivity index (χ1) is 27.1. The zero-order valence-corrected chi connectivity index (χ0v) is 33.2. The van der Waals surface area contributed by atoms with E-state index >= 15 is 0 Å². The van der Waals surface area contributed by atoms with Crippen molar-refractivity contribution in [3.63, 3.8) is 0 Å². The Labute approximate surface area is 328 Å². The van der Waals surface area contributed by atoms with E-state index < -0.39 is 6.04 Å². The lowest BCUT2D eigenvalue weighted by molar-refractivity contribution is -0.188. The summed E-state index contributed by atoms with van der Waals surface area (Å²) in [5, 5.41) is 3.43. The van der Waals surface area contributed by atoms with Gasteiger partial charge >= 0.3 is 0 Å². The van der Waals surface area contributed by atoms with Crippen molar-refractivity contribution in [2.75, 3.05) is 40.3 Å². The molecule has 7 rings (SSSR count). The van der Waals surface area contributed by atoms with E-state index in [0.717, 1.165) is 90.0 Å². The Morgan fingerprint density at radius 3 is 1.77 bits per heavy atom. The van der Waals surface area contributed by atoms with E-state index in [9.17, 15) is 9.59 Å². The van der Waals surface area contributed by atoms with Crippen LogP contribution in [0.1, 0.15) is 77.1 Å². The third kappa shape index (κ3) is 8.20. The van der Waals surface area contributed by atoms with Gasteiger partial charge in [0.05, 0.1) is 49.5 Å². The number of nitrogens with one attached hydrogen (secondary N) is 3. The minimum absolute atomic E-state index is 0.00145. The van der Waals surface area contributed by atoms with E-state index in [1.165, 1.54) is 13.5 Å². The average molecular weight is 763 g/mol. The van der Waals surface area contributed by atoms with E-state index in [0.29, 0.717) is 13.1 Å². The van der Waals surface area contributed by atoms with Crippen molar-refractivity contribution in [3.8, 4) is 33.6 Å². The Morgan fingerprint density at radius 1 is 0.786 bits per heavy atom. The monoisotopic (exact) mass is 762 g/mol. The van der Waals surface area contributed by atoms with E-state index in [1.807, 2.05) is 43.1 Å². The number of nitrogens with zero attached hydrogens (tertiary/aromatic N) is 7. The van der Waals surface area contributed by atoms with Gasteiger partial charge in [0.1, 0.15) is 23.7 Å². The van der Waals surface area contributed by atoms with Crippen molar-refractivity contribution in [2.45, 2.75) is 77.5 Å². The van der Waals surface area contributed by atoms with Crippen molar-refractivity contribution < 1.29 is 19.4 Å². The lowest BCUT2D eigenvalue weighted by Gasteiger charge is -2.31. The fourth-order valence-electron chi connectivity index (χ4n) is 7.96. The fraction of sp³-hybridized carbons (Fsp3) is 0.476. The number of carbonyl (C=O) groups is 2. The maximum atomic E-state index is 13.9. The zero-order chi connectivity index (χ0) is 39.3. The second-order valence-corrected chi connectivity index (χ2v) is 15.6. The Kier molecular flexibility index (Phi) is 11.8. The normalized spacial score (nSPS) is 19.7. The van der Waals surface area contributed by atoms with Gasteiger partial charge in [-0.25, -0.2) is 15.0 Å². The second kappa shape index (κ2) is 17.1. The SMILES string of the molecule is COO/C=N\[C@H](C(=O)N1CCC[C@H]1c1ncc(-c2ccc(-c3ccc(-c4cnc([C@@H]5CCCN5C(=O)[C@@H](NC5=NCCN5C)C(C)C)[nH]4)cc3)cc2)[nH]1)C(C)C. The fourth-order valence-corrected chi connectivity index (χ4v) is 7.96. The third-order valence-electron chi connectivity index (χ3n) is 11.1. The summed E-state index contributed by atoms with van der Waals surface area (Å²) in [4.78, 5) is 68.2. The zero-order valence-electron chi connectivity index (χ0n) is 33.2. The molecular formula is C42H54N10O4. The van der Waals surface area contributed by atoms with Crippen LogP contribution in [0.25, 0.3) is 33.6 Å². The van der Waals surface area contributed by atoms with E-state index in [1.54, 1.807) is 0 Å². The maximum absolute atomic E-state index is 13.9. The third-order valence-corrected chi connectivity index (χ3v) is 11.1. The molecule has 296 valence electrons. The van der Waals surface area contributed by atoms with Crippen LogP contribution in [0.5, 0.6) is 0 Å². The number of rotatable bonds is 13. The van der Waals surface area contributed by atoms with Gasteiger partial charge in [0.15, 0.2) is 5.96 Å². The molecule has 5 heterocycles. The van der Waals surface area contributed by atoms with Gasteiger partial charge in [0.25, 0.3) is 0 Å². The Hall–Kier alpha value is -5.50. The molecule has 3 aliphatic heterocycles. The summed E-state index contributed by atoms with van der Waals surface area (Å²) in [5.74, 6) is 2.55. The summed E-state index contributed by atoms with van der Waals surface area (Å²) >= 11 is 0. The number of guanidine groups is 1. The van der Waals surface area contributed by atoms with Crippen LogP contribution >= 0.6 is 0 Å². The van der Waals surface area contributed by atoms with Crippen molar-refractivity contribution in [1.82, 2.24) is 40.0 Å². The first-order valence-corrected chi connectivity index (χ1v) is 19.8. The maximum Gasteiger partial charge on any atom is 0.248 e. The highest BCUT2D eigenvalue weighted by molar-refractivity contribution is 5.90. The highest BCUT2D eigenvalue weighted by Gasteiger charge is 2.38. The van der Waals surface area contributed by atoms with Gasteiger partial charge in [0, 0.05) is 26.7 Å². The van der Waals surface area contributed by atoms with E-state index in [2.05, 4.69) is 97.4 Å². The Morgan fingerprint density at radius 2 is 1.30 bits per heavy atom. The molecule has 3 aliphatic rings. The molecule has 56 heavy (non-hydrogen) atoms. The van der Waals surface area contributed by atoms with Crippen LogP contribution < -0.4 is 5.32 Å². The number of carbonyl (C=O) groups excluding carboxylic acids is 2. The lowest BCUT2D eigenvalue weighted by Crippen LogP contribution is -2.53. The number of imidazole rings is 2. The molecule has 3 N–H and O–H groups in total. The number of likely N-dealkylation sites (tertiary alicyclic amines) is 2. The van der Waals surface area contributed by atoms with E-state index in [-0.39, 0.29) is 41.8 Å². The number of aromatic amines is 2. The Bertz CT molecular complexity index is 2020. The van der Waals surface area contributed by atoms with Crippen LogP contribution in [0, 0.1) is 11.8 Å². The summed E-state index contributed by atoms with van der Waals surface area (Å²) in [6.07, 6.45) is 8.45. The number of amides is 2. The van der Waals surface area contributed by atoms with Gasteiger partial charge in [-0.15, -0.1) is 0 Å². The van der Waals surface area contributed by atoms with Crippen LogP contribution in [0.4, 0.5) is 0 Å². The number of aromatic nitrogens is 4. The number of hydrogen-bond donors (Lipinski definition) is 3. The molecule has 4 aromatic rings. The van der Waals surface area contributed by atoms with Crippen molar-refractivity contribution in [1.29, 1.82) is 0 Å². The molecule has 0 aliphatic carbocycles. The average Bonchev–Trinajstić information content (AvgIpc) is 4.05. The predicted molar refractivity (Wildman–Crippen MR) is 216 cm³/mol. The molecule has 2 amide bonds. The van der Waals surface area contributed by atoms with Crippen LogP contribution in [-0.4, -0.2) is 111 Å². The van der Waals surface area contributed by atoms with Gasteiger partial charge in [-0.05, 0) is 59.8 Å². The summed E-state index contributed by atoms with van der Waals surface area (Å²) in [6.45, 7) is 11.1. The van der Waals surface area contributed by atoms with Crippen molar-refractivity contribution in [3.05, 3.63) is 72.6 Å². The highest BCUT2D eigenvalue weighted by Crippen LogP contribution is 2.35. The summed E-state index contributed by atoms with van der Waals surface area (Å²) in [7, 11) is 3.40. The second-order valence-electron chi connectivity index (χ2n) is 15.6. The van der Waals surface area contributed by atoms with Crippen LogP contribution in [0.15, 0.2) is 70.9 Å². The number of hydrogen-bond acceptors (Lipinski definition) is 10. The lowest BCUT2D eigenvalue weighted by atomic mass is 10.0. The Balaban J connectivity index is 0.993. The molecule has 2 aromatic heterocycles. The van der Waals surface area contributed by atoms with Gasteiger partial charge in [0.2, 0.25) is 18.2 Å². The molecule has 2 aromatic carbocycles. The van der Waals surface area contributed by atoms with Gasteiger partial charge in [-0.1, -0.05) is 76.2 Å². The van der Waals surface area contributed by atoms with Gasteiger partial charge < -0.3 is 34.9 Å². The summed E-state index contributed by atoms with van der Waals surface area (Å²) in [5.41, 5.74) is 6.06. The standard InChI is InChI=1S/C42H54N10O4/c1-26(2)36(46-25-56-55-6)40(53)51-20-7-9-34(51)38-44-23-32(47-38)30-15-11-28(12-16-30)29-13-17-31(18-14-29)33-24-45-39(48-33)35-10-8-21-52(35)41(54)37(27(3)4)49-42-43-19-22-50(42)5/h11-18,23-27,34-37H,7-10,19-22H2,1-6H3,(H,43,49)(H,44,47)(H,45,48)/b46-25-/t34-,35-,36-,37-/m0/s1. The largest absolute Gasteiger partial charge is 0.344 e. The number of aliphatic imine (C=N–C) groups is 2. The molecule has 0 unspecified atom stereocenters. The van der Waals surface area contributed by atoms with Gasteiger partial charge in [-0.3, -0.25) is 14.6 Å². The minimum atomic E-state index is -0.565. The number of likely N-dealkylation sites (N-methyl/N-ethyl adjacent to an activating group) is 1. The molecule has 14 heteroatoms. The molecule has 0 bridgehead atoms. The van der Waals surface area contributed by atoms with E-state index in [4.69, 9.17) is 14.9 Å². The summed E-state index contributed by atoms with van der Waals surface area (Å²) in [6, 6.07) is 15.7. The first-order valence-electron chi connectivity index (χ1n) is 19.8. The molecule has 14 nitrogen and oxygen atoms in total. The molecule has 0 spiro atoms. The van der Waals surface area contributed by atoms with Crippen LogP contribution in [-0.2, 0) is 19.4 Å². The predicted octanol–water partition coefficient (Wildman–Crippen LogP) is 6.01. The molecule has 0 saturated carbocycles. The molecular weight excluding hydrogens is 709 g/mol. The molecule has 2 saturated heterocycles. The molecule has 4 atom stereocenters. The number of benzene rings is 2. The van der Waals surface area contributed by atoms with Gasteiger partial charge in [-0.2, -0.15) is 4.89 Å². The topological polar surface area (TPSA) is 156 Å².